The third-order valence-corrected chi connectivity index (χ3v) is 9.36. The first-order chi connectivity index (χ1) is 11.4. The lowest BCUT2D eigenvalue weighted by molar-refractivity contribution is -0.0760. The van der Waals surface area contributed by atoms with E-state index in [1.807, 2.05) is 0 Å². The Kier molecular flexibility index (Phi) is 4.00. The van der Waals surface area contributed by atoms with Crippen molar-refractivity contribution in [2.45, 2.75) is 77.0 Å². The Hall–Kier alpha value is -0.0400. The van der Waals surface area contributed by atoms with E-state index in [4.69, 9.17) is 0 Å². The molecule has 9 unspecified atom stereocenters. The standard InChI is InChI=1S/C22H36O/c23-13-20-16-9-3-6-12-19(16)21-17-10-4-1-7-14(17)15-8-2-5-11-18(15)22(20)21/h14-23H,1-13H2. The fourth-order valence-electron chi connectivity index (χ4n) is 8.91. The summed E-state index contributed by atoms with van der Waals surface area (Å²) in [5.41, 5.74) is 0. The SMILES string of the molecule is OCC1C2CCCCC2C2C3CCCCC3C3CCCCC3C12. The van der Waals surface area contributed by atoms with Crippen molar-refractivity contribution in [3.63, 3.8) is 0 Å². The Morgan fingerprint density at radius 1 is 0.478 bits per heavy atom. The highest BCUT2D eigenvalue weighted by Crippen LogP contribution is 2.66. The largest absolute Gasteiger partial charge is 0.396 e. The minimum absolute atomic E-state index is 0.503. The first kappa shape index (κ1) is 15.2. The maximum atomic E-state index is 10.3. The highest BCUT2D eigenvalue weighted by Gasteiger charge is 2.61. The summed E-state index contributed by atoms with van der Waals surface area (Å²) >= 11 is 0. The average Bonchev–Trinajstić information content (AvgIpc) is 2.97. The maximum Gasteiger partial charge on any atom is 0.0464 e. The van der Waals surface area contributed by atoms with Crippen LogP contribution in [-0.2, 0) is 0 Å². The molecule has 9 atom stereocenters. The van der Waals surface area contributed by atoms with Gasteiger partial charge in [0.05, 0.1) is 0 Å². The summed E-state index contributed by atoms with van der Waals surface area (Å²) in [6, 6.07) is 0. The number of aliphatic hydroxyl groups excluding tert-OH is 1. The van der Waals surface area contributed by atoms with Gasteiger partial charge in [-0.1, -0.05) is 38.5 Å². The molecule has 0 heterocycles. The molecule has 1 N–H and O–H groups in total. The van der Waals surface area contributed by atoms with E-state index in [0.717, 1.165) is 47.3 Å². The van der Waals surface area contributed by atoms with Gasteiger partial charge in [-0.25, -0.2) is 0 Å². The first-order valence-corrected chi connectivity index (χ1v) is 11.0. The van der Waals surface area contributed by atoms with Crippen molar-refractivity contribution in [2.24, 2.45) is 53.3 Å². The average molecular weight is 317 g/mol. The minimum Gasteiger partial charge on any atom is -0.396 e. The monoisotopic (exact) mass is 316 g/mol. The van der Waals surface area contributed by atoms with Gasteiger partial charge < -0.3 is 5.11 Å². The molecule has 23 heavy (non-hydrogen) atoms. The summed E-state index contributed by atoms with van der Waals surface area (Å²) < 4.78 is 0. The lowest BCUT2D eigenvalue weighted by atomic mass is 9.49. The molecular formula is C22H36O. The molecule has 5 aliphatic rings. The zero-order valence-electron chi connectivity index (χ0n) is 14.8. The molecule has 0 saturated heterocycles. The highest BCUT2D eigenvalue weighted by molar-refractivity contribution is 5.09. The van der Waals surface area contributed by atoms with Crippen LogP contribution in [0.5, 0.6) is 0 Å². The van der Waals surface area contributed by atoms with Crippen LogP contribution in [-0.4, -0.2) is 11.7 Å². The van der Waals surface area contributed by atoms with Crippen molar-refractivity contribution in [1.82, 2.24) is 0 Å². The summed E-state index contributed by atoms with van der Waals surface area (Å²) in [6.07, 6.45) is 18.0. The van der Waals surface area contributed by atoms with Crippen LogP contribution in [0.3, 0.4) is 0 Å². The summed E-state index contributed by atoms with van der Waals surface area (Å²) in [6.45, 7) is 0.503. The number of fused-ring (bicyclic) bond motifs is 8. The third kappa shape index (κ3) is 2.21. The fourth-order valence-corrected chi connectivity index (χ4v) is 8.91. The molecule has 0 spiro atoms. The van der Waals surface area contributed by atoms with E-state index >= 15 is 0 Å². The summed E-state index contributed by atoms with van der Waals surface area (Å²) in [4.78, 5) is 0. The van der Waals surface area contributed by atoms with Gasteiger partial charge >= 0.3 is 0 Å². The van der Waals surface area contributed by atoms with Gasteiger partial charge in [-0.05, 0) is 91.8 Å². The van der Waals surface area contributed by atoms with Crippen molar-refractivity contribution in [2.75, 3.05) is 6.61 Å². The van der Waals surface area contributed by atoms with E-state index in [-0.39, 0.29) is 0 Å². The highest BCUT2D eigenvalue weighted by atomic mass is 16.3. The van der Waals surface area contributed by atoms with Gasteiger partial charge in [0, 0.05) is 6.61 Å². The molecule has 5 aliphatic carbocycles. The molecule has 0 radical (unpaired) electrons. The van der Waals surface area contributed by atoms with E-state index in [9.17, 15) is 5.11 Å². The van der Waals surface area contributed by atoms with E-state index in [2.05, 4.69) is 0 Å². The molecule has 130 valence electrons. The van der Waals surface area contributed by atoms with Crippen LogP contribution >= 0.6 is 0 Å². The van der Waals surface area contributed by atoms with E-state index in [1.54, 1.807) is 6.42 Å². The number of rotatable bonds is 1. The molecule has 0 aromatic carbocycles. The molecule has 0 aromatic rings. The Labute approximate surface area is 142 Å². The molecule has 5 fully saturated rings. The van der Waals surface area contributed by atoms with Crippen LogP contribution in [0.15, 0.2) is 0 Å². The van der Waals surface area contributed by atoms with Gasteiger partial charge in [0.1, 0.15) is 0 Å². The maximum absolute atomic E-state index is 10.3. The van der Waals surface area contributed by atoms with E-state index in [0.29, 0.717) is 12.5 Å². The van der Waals surface area contributed by atoms with Gasteiger partial charge in [0.15, 0.2) is 0 Å². The fraction of sp³-hybridized carbons (Fsp3) is 1.00. The zero-order valence-corrected chi connectivity index (χ0v) is 14.8. The predicted octanol–water partition coefficient (Wildman–Crippen LogP) is 5.27. The molecule has 0 bridgehead atoms. The molecule has 5 saturated carbocycles. The molecule has 0 aromatic heterocycles. The van der Waals surface area contributed by atoms with Crippen molar-refractivity contribution in [1.29, 1.82) is 0 Å². The minimum atomic E-state index is 0.503. The Morgan fingerprint density at radius 2 is 0.870 bits per heavy atom. The summed E-state index contributed by atoms with van der Waals surface area (Å²) in [5, 5.41) is 10.3. The summed E-state index contributed by atoms with van der Waals surface area (Å²) in [5.74, 6) is 8.68. The Balaban J connectivity index is 1.55. The van der Waals surface area contributed by atoms with Crippen LogP contribution in [0.4, 0.5) is 0 Å². The van der Waals surface area contributed by atoms with Crippen molar-refractivity contribution < 1.29 is 5.11 Å². The number of hydrogen-bond donors (Lipinski definition) is 1. The second kappa shape index (κ2) is 6.04. The van der Waals surface area contributed by atoms with E-state index < -0.39 is 0 Å². The van der Waals surface area contributed by atoms with Crippen LogP contribution < -0.4 is 0 Å². The second-order valence-electron chi connectivity index (χ2n) is 9.84. The van der Waals surface area contributed by atoms with Gasteiger partial charge in [0.2, 0.25) is 0 Å². The van der Waals surface area contributed by atoms with Crippen molar-refractivity contribution in [3.8, 4) is 0 Å². The lowest BCUT2D eigenvalue weighted by Crippen LogP contribution is -2.49. The Morgan fingerprint density at radius 3 is 1.39 bits per heavy atom. The topological polar surface area (TPSA) is 20.2 Å². The zero-order chi connectivity index (χ0) is 15.4. The molecule has 1 heteroatoms. The smallest absolute Gasteiger partial charge is 0.0464 e. The molecule has 5 rings (SSSR count). The van der Waals surface area contributed by atoms with Crippen molar-refractivity contribution >= 4 is 0 Å². The number of hydrogen-bond acceptors (Lipinski definition) is 1. The summed E-state index contributed by atoms with van der Waals surface area (Å²) in [7, 11) is 0. The van der Waals surface area contributed by atoms with Gasteiger partial charge in [-0.15, -0.1) is 0 Å². The van der Waals surface area contributed by atoms with Gasteiger partial charge in [-0.3, -0.25) is 0 Å². The third-order valence-electron chi connectivity index (χ3n) is 9.36. The Bertz CT molecular complexity index is 402. The lowest BCUT2D eigenvalue weighted by Gasteiger charge is -2.56. The van der Waals surface area contributed by atoms with Gasteiger partial charge in [-0.2, -0.15) is 0 Å². The predicted molar refractivity (Wildman–Crippen MR) is 93.9 cm³/mol. The first-order valence-electron chi connectivity index (χ1n) is 11.0. The molecule has 0 aliphatic heterocycles. The normalized spacial score (nSPS) is 55.4. The quantitative estimate of drug-likeness (QED) is 0.698. The van der Waals surface area contributed by atoms with Crippen molar-refractivity contribution in [3.05, 3.63) is 0 Å². The second-order valence-corrected chi connectivity index (χ2v) is 9.84. The van der Waals surface area contributed by atoms with Crippen LogP contribution in [0.2, 0.25) is 0 Å². The molecule has 1 nitrogen and oxygen atoms in total. The van der Waals surface area contributed by atoms with Gasteiger partial charge in [0.25, 0.3) is 0 Å². The molecule has 0 amide bonds. The van der Waals surface area contributed by atoms with Crippen LogP contribution in [0.25, 0.3) is 0 Å². The molecular weight excluding hydrogens is 280 g/mol. The van der Waals surface area contributed by atoms with Crippen LogP contribution in [0, 0.1) is 53.3 Å². The van der Waals surface area contributed by atoms with Crippen LogP contribution in [0.1, 0.15) is 77.0 Å². The van der Waals surface area contributed by atoms with E-state index in [1.165, 1.54) is 70.6 Å². The number of aliphatic hydroxyl groups is 1.